The molecule has 0 aliphatic carbocycles. The van der Waals surface area contributed by atoms with E-state index in [2.05, 4.69) is 76.7 Å². The largest absolute Gasteiger partial charge is 0.678 e. The molecule has 0 aromatic carbocycles. The molecular formula is C16H36CoN4-4. The Morgan fingerprint density at radius 1 is 0.619 bits per heavy atom. The van der Waals surface area contributed by atoms with E-state index in [4.69, 9.17) is 0 Å². The van der Waals surface area contributed by atoms with Gasteiger partial charge in [-0.25, -0.2) is 0 Å². The molecular weight excluding hydrogens is 307 g/mol. The summed E-state index contributed by atoms with van der Waals surface area (Å²) in [6, 6.07) is 1.80. The Morgan fingerprint density at radius 2 is 0.952 bits per heavy atom. The Morgan fingerprint density at radius 3 is 1.19 bits per heavy atom. The van der Waals surface area contributed by atoms with Gasteiger partial charge in [0, 0.05) is 16.8 Å². The van der Waals surface area contributed by atoms with Crippen molar-refractivity contribution in [2.24, 2.45) is 0 Å². The average Bonchev–Trinajstić information content (AvgIpc) is 2.29. The van der Waals surface area contributed by atoms with Crippen LogP contribution in [-0.4, -0.2) is 43.9 Å². The topological polar surface area (TPSA) is 56.4 Å². The molecule has 133 valence electrons. The van der Waals surface area contributed by atoms with Crippen LogP contribution in [0.4, 0.5) is 0 Å². The van der Waals surface area contributed by atoms with Crippen molar-refractivity contribution in [3.63, 3.8) is 0 Å². The predicted octanol–water partition coefficient (Wildman–Crippen LogP) is 5.45. The molecule has 0 saturated heterocycles. The molecule has 5 heteroatoms. The van der Waals surface area contributed by atoms with Crippen LogP contribution in [0.2, 0.25) is 0 Å². The molecule has 0 aromatic rings. The van der Waals surface area contributed by atoms with Crippen LogP contribution in [0, 0.1) is 0 Å². The fourth-order valence-electron chi connectivity index (χ4n) is 1.64. The minimum atomic E-state index is 0. The average molecular weight is 343 g/mol. The van der Waals surface area contributed by atoms with E-state index in [0.29, 0.717) is 30.8 Å². The monoisotopic (exact) mass is 343 g/mol. The van der Waals surface area contributed by atoms with Crippen molar-refractivity contribution >= 4 is 0 Å². The van der Waals surface area contributed by atoms with Crippen LogP contribution in [0.25, 0.3) is 21.3 Å². The minimum Gasteiger partial charge on any atom is -0.678 e. The summed E-state index contributed by atoms with van der Waals surface area (Å²) in [5, 5.41) is 17.2. The summed E-state index contributed by atoms with van der Waals surface area (Å²) in [4.78, 5) is 0. The van der Waals surface area contributed by atoms with Crippen LogP contribution in [0.5, 0.6) is 0 Å². The third-order valence-corrected chi connectivity index (χ3v) is 2.56. The van der Waals surface area contributed by atoms with Gasteiger partial charge >= 0.3 is 0 Å². The van der Waals surface area contributed by atoms with Crippen LogP contribution in [0.3, 0.4) is 0 Å². The Hall–Kier alpha value is 0.346. The summed E-state index contributed by atoms with van der Waals surface area (Å²) < 4.78 is 0. The van der Waals surface area contributed by atoms with Crippen molar-refractivity contribution in [3.05, 3.63) is 21.3 Å². The summed E-state index contributed by atoms with van der Waals surface area (Å²) in [6.07, 6.45) is 1.10. The van der Waals surface area contributed by atoms with E-state index >= 15 is 0 Å². The van der Waals surface area contributed by atoms with E-state index in [-0.39, 0.29) is 16.8 Å². The van der Waals surface area contributed by atoms with Crippen LogP contribution >= 0.6 is 0 Å². The summed E-state index contributed by atoms with van der Waals surface area (Å²) in [6.45, 7) is 19.3. The van der Waals surface area contributed by atoms with Crippen molar-refractivity contribution in [1.82, 2.24) is 0 Å². The smallest absolute Gasteiger partial charge is 0 e. The zero-order valence-electron chi connectivity index (χ0n) is 15.3. The van der Waals surface area contributed by atoms with Crippen LogP contribution in [0.15, 0.2) is 0 Å². The van der Waals surface area contributed by atoms with E-state index < -0.39 is 0 Å². The van der Waals surface area contributed by atoms with Gasteiger partial charge in [0.2, 0.25) is 0 Å². The molecule has 0 saturated carbocycles. The van der Waals surface area contributed by atoms with Crippen molar-refractivity contribution in [3.8, 4) is 0 Å². The molecule has 0 fully saturated rings. The summed E-state index contributed by atoms with van der Waals surface area (Å²) in [5.74, 6) is 0. The number of hydrogen-bond donors (Lipinski definition) is 0. The van der Waals surface area contributed by atoms with E-state index in [9.17, 15) is 0 Å². The van der Waals surface area contributed by atoms with Gasteiger partial charge < -0.3 is 21.3 Å². The van der Waals surface area contributed by atoms with Gasteiger partial charge in [0.1, 0.15) is 0 Å². The molecule has 4 nitrogen and oxygen atoms in total. The van der Waals surface area contributed by atoms with Crippen LogP contribution in [-0.2, 0) is 16.8 Å². The first-order chi connectivity index (χ1) is 9.33. The number of rotatable bonds is 10. The molecule has 0 rings (SSSR count). The van der Waals surface area contributed by atoms with Crippen molar-refractivity contribution in [2.45, 2.75) is 86.0 Å². The Labute approximate surface area is 144 Å². The molecule has 0 N–H and O–H groups in total. The normalized spacial score (nSPS) is 13.4. The fourth-order valence-corrected chi connectivity index (χ4v) is 1.64. The van der Waals surface area contributed by atoms with Crippen molar-refractivity contribution in [1.29, 1.82) is 0 Å². The summed E-state index contributed by atoms with van der Waals surface area (Å²) in [7, 11) is 0. The SMILES string of the molecule is CC(C)[N-]C[N-]C(C)C.CC[N-]C(C)CC(C)[N-]CC.[Co]. The molecule has 0 spiro atoms. The van der Waals surface area contributed by atoms with Crippen LogP contribution < -0.4 is 0 Å². The van der Waals surface area contributed by atoms with Gasteiger partial charge in [-0.1, -0.05) is 61.8 Å². The van der Waals surface area contributed by atoms with Gasteiger partial charge in [0.05, 0.1) is 0 Å². The van der Waals surface area contributed by atoms with Crippen molar-refractivity contribution < 1.29 is 16.8 Å². The minimum absolute atomic E-state index is 0. The van der Waals surface area contributed by atoms with Gasteiger partial charge in [-0.3, -0.25) is 6.67 Å². The molecule has 0 aliphatic rings. The van der Waals surface area contributed by atoms with Gasteiger partial charge in [-0.05, 0) is 0 Å². The second-order valence-electron chi connectivity index (χ2n) is 5.63. The molecule has 21 heavy (non-hydrogen) atoms. The number of nitrogens with zero attached hydrogens (tertiary/aromatic N) is 4. The number of hydrogen-bond acceptors (Lipinski definition) is 0. The second-order valence-corrected chi connectivity index (χ2v) is 5.63. The Balaban J connectivity index is -0.000000300. The first-order valence-corrected chi connectivity index (χ1v) is 7.99. The Kier molecular flexibility index (Phi) is 23.0. The third-order valence-electron chi connectivity index (χ3n) is 2.56. The summed E-state index contributed by atoms with van der Waals surface area (Å²) >= 11 is 0. The van der Waals surface area contributed by atoms with E-state index in [1.54, 1.807) is 0 Å². The maximum atomic E-state index is 4.39. The van der Waals surface area contributed by atoms with E-state index in [0.717, 1.165) is 19.5 Å². The summed E-state index contributed by atoms with van der Waals surface area (Å²) in [5.41, 5.74) is 0. The molecule has 0 bridgehead atoms. The standard InChI is InChI=1S/C9H20N2.C7H16N2.Co/c1-5-10-8(3)7-9(4)11-6-2;1-6(2)8-5-9-7(3)4;/h8-9H,5-7H2,1-4H3;6-7H,5H2,1-4H3;/q2*-2;. The zero-order chi connectivity index (χ0) is 16.0. The molecule has 0 heterocycles. The molecule has 2 atom stereocenters. The van der Waals surface area contributed by atoms with E-state index in [1.807, 2.05) is 0 Å². The van der Waals surface area contributed by atoms with Crippen molar-refractivity contribution in [2.75, 3.05) is 19.8 Å². The molecule has 0 aromatic heterocycles. The Bertz CT molecular complexity index is 171. The van der Waals surface area contributed by atoms with Crippen LogP contribution in [0.1, 0.15) is 61.8 Å². The second kappa shape index (κ2) is 18.4. The quantitative estimate of drug-likeness (QED) is 0.507. The van der Waals surface area contributed by atoms with Gasteiger partial charge in [-0.15, -0.1) is 24.2 Å². The predicted molar refractivity (Wildman–Crippen MR) is 93.2 cm³/mol. The zero-order valence-corrected chi connectivity index (χ0v) is 16.3. The maximum Gasteiger partial charge on any atom is 0 e. The van der Waals surface area contributed by atoms with Gasteiger partial charge in [-0.2, -0.15) is 13.1 Å². The molecule has 1 radical (unpaired) electrons. The van der Waals surface area contributed by atoms with Gasteiger partial charge in [0.15, 0.2) is 0 Å². The molecule has 2 unspecified atom stereocenters. The fraction of sp³-hybridized carbons (Fsp3) is 1.00. The van der Waals surface area contributed by atoms with Gasteiger partial charge in [0.25, 0.3) is 0 Å². The first-order valence-electron chi connectivity index (χ1n) is 7.99. The molecule has 0 amide bonds. The third kappa shape index (κ3) is 25.6. The first kappa shape index (κ1) is 26.3. The maximum absolute atomic E-state index is 4.39. The molecule has 0 aliphatic heterocycles. The van der Waals surface area contributed by atoms with E-state index in [1.165, 1.54) is 0 Å².